The summed E-state index contributed by atoms with van der Waals surface area (Å²) in [6, 6.07) is 21.3. The van der Waals surface area contributed by atoms with Gasteiger partial charge in [0.1, 0.15) is 18.4 Å². The minimum Gasteiger partial charge on any atom is -0.492 e. The molecule has 3 aromatic carbocycles. The fourth-order valence-corrected chi connectivity index (χ4v) is 5.27. The molecule has 0 unspecified atom stereocenters. The molecule has 0 bridgehead atoms. The van der Waals surface area contributed by atoms with Crippen molar-refractivity contribution in [3.63, 3.8) is 0 Å². The molecule has 1 fully saturated rings. The van der Waals surface area contributed by atoms with E-state index in [-0.39, 0.29) is 29.7 Å². The summed E-state index contributed by atoms with van der Waals surface area (Å²) in [6.07, 6.45) is 2.96. The van der Waals surface area contributed by atoms with E-state index in [1.807, 2.05) is 58.2 Å². The molecule has 0 aliphatic carbocycles. The lowest BCUT2D eigenvalue weighted by molar-refractivity contribution is -0.118. The van der Waals surface area contributed by atoms with Crippen molar-refractivity contribution in [1.29, 1.82) is 0 Å². The highest BCUT2D eigenvalue weighted by Gasteiger charge is 2.27. The summed E-state index contributed by atoms with van der Waals surface area (Å²) in [6.45, 7) is 10.8. The van der Waals surface area contributed by atoms with Gasteiger partial charge in [0.2, 0.25) is 5.91 Å². The third-order valence-corrected chi connectivity index (χ3v) is 7.64. The number of ether oxygens (including phenoxy) is 1. The molecule has 1 atom stereocenters. The monoisotopic (exact) mass is 613 g/mol. The Morgan fingerprint density at radius 3 is 2.24 bits per heavy atom. The molecule has 9 nitrogen and oxygen atoms in total. The van der Waals surface area contributed by atoms with E-state index >= 15 is 0 Å². The number of benzene rings is 3. The fraction of sp³-hybridized carbons (Fsp3) is 0.417. The van der Waals surface area contributed by atoms with E-state index in [1.165, 1.54) is 18.4 Å². The molecule has 0 saturated carbocycles. The van der Waals surface area contributed by atoms with Gasteiger partial charge in [-0.25, -0.2) is 0 Å². The van der Waals surface area contributed by atoms with Gasteiger partial charge < -0.3 is 26.0 Å². The van der Waals surface area contributed by atoms with Gasteiger partial charge in [-0.05, 0) is 104 Å². The zero-order valence-corrected chi connectivity index (χ0v) is 26.9. The zero-order valence-electron chi connectivity index (χ0n) is 26.9. The van der Waals surface area contributed by atoms with Crippen LogP contribution < -0.4 is 26.0 Å². The first kappa shape index (κ1) is 33.7. The van der Waals surface area contributed by atoms with E-state index in [1.54, 1.807) is 42.5 Å². The van der Waals surface area contributed by atoms with Gasteiger partial charge in [0.25, 0.3) is 11.8 Å². The minimum atomic E-state index is -0.727. The maximum Gasteiger partial charge on any atom is 0.251 e. The molecule has 9 heteroatoms. The maximum atomic E-state index is 13.4. The maximum absolute atomic E-state index is 13.4. The topological polar surface area (TPSA) is 112 Å². The smallest absolute Gasteiger partial charge is 0.251 e. The lowest BCUT2D eigenvalue weighted by Gasteiger charge is -2.26. The van der Waals surface area contributed by atoms with Gasteiger partial charge in [-0.1, -0.05) is 45.0 Å². The molecule has 0 radical (unpaired) electrons. The summed E-state index contributed by atoms with van der Waals surface area (Å²) in [5.41, 5.74) is 3.43. The number of nitrogens with zero attached hydrogens (tertiary/aromatic N) is 1. The van der Waals surface area contributed by atoms with Crippen LogP contribution in [-0.2, 0) is 17.9 Å². The summed E-state index contributed by atoms with van der Waals surface area (Å²) in [4.78, 5) is 41.9. The molecule has 4 N–H and O–H groups in total. The molecule has 240 valence electrons. The van der Waals surface area contributed by atoms with Crippen LogP contribution in [0.15, 0.2) is 72.8 Å². The molecule has 1 heterocycles. The van der Waals surface area contributed by atoms with Crippen LogP contribution in [0.25, 0.3) is 0 Å². The number of carbonyl (C=O) groups is 3. The lowest BCUT2D eigenvalue weighted by Crippen LogP contribution is -2.45. The van der Waals surface area contributed by atoms with E-state index in [2.05, 4.69) is 26.2 Å². The highest BCUT2D eigenvalue weighted by molar-refractivity contribution is 6.01. The Labute approximate surface area is 267 Å². The van der Waals surface area contributed by atoms with Crippen molar-refractivity contribution in [1.82, 2.24) is 20.9 Å². The van der Waals surface area contributed by atoms with Crippen molar-refractivity contribution >= 4 is 23.4 Å². The Kier molecular flexibility index (Phi) is 12.1. The standard InChI is InChI=1S/C36H47N5O4/c1-36(2,3)23-32(35(44)39-30-14-10-26(11-15-30)25-41-19-5-6-20-41)40-34(43)29-9-7-8-27(22-29)24-38-33(42)28-12-16-31(17-13-28)45-21-18-37-4/h7-17,22,32,37H,5-6,18-21,23-25H2,1-4H3,(H,38,42)(H,39,44)(H,40,43)/t32-/m0/s1. The number of rotatable bonds is 14. The van der Waals surface area contributed by atoms with Crippen molar-refractivity contribution in [3.8, 4) is 5.75 Å². The molecule has 3 aromatic rings. The van der Waals surface area contributed by atoms with Gasteiger partial charge in [0.05, 0.1) is 0 Å². The minimum absolute atomic E-state index is 0.196. The van der Waals surface area contributed by atoms with Crippen LogP contribution in [-0.4, -0.2) is 62.0 Å². The molecular weight excluding hydrogens is 566 g/mol. The average Bonchev–Trinajstić information content (AvgIpc) is 3.53. The zero-order chi connectivity index (χ0) is 32.2. The van der Waals surface area contributed by atoms with Crippen molar-refractivity contribution in [2.24, 2.45) is 5.41 Å². The number of hydrogen-bond acceptors (Lipinski definition) is 6. The Balaban J connectivity index is 1.33. The number of nitrogens with one attached hydrogen (secondary N) is 4. The lowest BCUT2D eigenvalue weighted by atomic mass is 9.87. The quantitative estimate of drug-likeness (QED) is 0.191. The number of amides is 3. The number of likely N-dealkylation sites (N-methyl/N-ethyl adjacent to an activating group) is 1. The SMILES string of the molecule is CNCCOc1ccc(C(=O)NCc2cccc(C(=O)N[C@@H](CC(C)(C)C)C(=O)Nc3ccc(CN4CCCC4)cc3)c2)cc1. The number of likely N-dealkylation sites (tertiary alicyclic amines) is 1. The summed E-state index contributed by atoms with van der Waals surface area (Å²) in [7, 11) is 1.86. The first-order valence-electron chi connectivity index (χ1n) is 15.8. The summed E-state index contributed by atoms with van der Waals surface area (Å²) in [5, 5.41) is 11.9. The van der Waals surface area contributed by atoms with Gasteiger partial charge in [0, 0.05) is 36.4 Å². The molecule has 1 aliphatic rings. The van der Waals surface area contributed by atoms with Crippen molar-refractivity contribution in [3.05, 3.63) is 95.1 Å². The Morgan fingerprint density at radius 2 is 1.58 bits per heavy atom. The fourth-order valence-electron chi connectivity index (χ4n) is 5.27. The van der Waals surface area contributed by atoms with Crippen LogP contribution in [0.1, 0.15) is 71.9 Å². The van der Waals surface area contributed by atoms with Crippen LogP contribution in [0.3, 0.4) is 0 Å². The second-order valence-electron chi connectivity index (χ2n) is 12.8. The highest BCUT2D eigenvalue weighted by Crippen LogP contribution is 2.23. The van der Waals surface area contributed by atoms with Gasteiger partial charge in [-0.3, -0.25) is 19.3 Å². The highest BCUT2D eigenvalue weighted by atomic mass is 16.5. The Bertz CT molecular complexity index is 1410. The summed E-state index contributed by atoms with van der Waals surface area (Å²) >= 11 is 0. The molecule has 3 amide bonds. The van der Waals surface area contributed by atoms with E-state index in [4.69, 9.17) is 4.74 Å². The van der Waals surface area contributed by atoms with Gasteiger partial charge >= 0.3 is 0 Å². The molecule has 1 aliphatic heterocycles. The average molecular weight is 614 g/mol. The van der Waals surface area contributed by atoms with E-state index in [9.17, 15) is 14.4 Å². The molecular formula is C36H47N5O4. The largest absolute Gasteiger partial charge is 0.492 e. The van der Waals surface area contributed by atoms with E-state index in [0.717, 1.165) is 31.7 Å². The summed E-state index contributed by atoms with van der Waals surface area (Å²) < 4.78 is 5.61. The predicted octanol–water partition coefficient (Wildman–Crippen LogP) is 4.98. The van der Waals surface area contributed by atoms with Gasteiger partial charge in [-0.15, -0.1) is 0 Å². The number of carbonyl (C=O) groups excluding carboxylic acids is 3. The second-order valence-corrected chi connectivity index (χ2v) is 12.8. The Morgan fingerprint density at radius 1 is 0.867 bits per heavy atom. The number of hydrogen-bond donors (Lipinski definition) is 4. The van der Waals surface area contributed by atoms with Gasteiger partial charge in [0.15, 0.2) is 0 Å². The number of anilines is 1. The van der Waals surface area contributed by atoms with Gasteiger partial charge in [-0.2, -0.15) is 0 Å². The van der Waals surface area contributed by atoms with Crippen LogP contribution in [0.5, 0.6) is 5.75 Å². The van der Waals surface area contributed by atoms with E-state index < -0.39 is 6.04 Å². The van der Waals surface area contributed by atoms with Crippen LogP contribution in [0, 0.1) is 5.41 Å². The first-order chi connectivity index (χ1) is 21.6. The third-order valence-electron chi connectivity index (χ3n) is 7.64. The summed E-state index contributed by atoms with van der Waals surface area (Å²) in [5.74, 6) is -0.128. The molecule has 4 rings (SSSR count). The third kappa shape index (κ3) is 11.0. The van der Waals surface area contributed by atoms with Crippen molar-refractivity contribution in [2.75, 3.05) is 38.6 Å². The molecule has 45 heavy (non-hydrogen) atoms. The van der Waals surface area contributed by atoms with E-state index in [0.29, 0.717) is 35.6 Å². The molecule has 0 aromatic heterocycles. The van der Waals surface area contributed by atoms with Crippen LogP contribution in [0.2, 0.25) is 0 Å². The van der Waals surface area contributed by atoms with Crippen LogP contribution >= 0.6 is 0 Å². The van der Waals surface area contributed by atoms with Crippen LogP contribution in [0.4, 0.5) is 5.69 Å². The Hall–Kier alpha value is -4.21. The first-order valence-corrected chi connectivity index (χ1v) is 15.8. The normalized spacial score (nSPS) is 14.0. The second kappa shape index (κ2) is 16.2. The van der Waals surface area contributed by atoms with Crippen molar-refractivity contribution < 1.29 is 19.1 Å². The molecule has 1 saturated heterocycles. The molecule has 0 spiro atoms. The predicted molar refractivity (Wildman–Crippen MR) is 178 cm³/mol. The van der Waals surface area contributed by atoms with Crippen molar-refractivity contribution in [2.45, 2.75) is 59.2 Å².